The van der Waals surface area contributed by atoms with Crippen LogP contribution in [0.25, 0.3) is 0 Å². The molecule has 0 spiro atoms. The second-order valence-corrected chi connectivity index (χ2v) is 5.87. The van der Waals surface area contributed by atoms with E-state index < -0.39 is 0 Å². The van der Waals surface area contributed by atoms with E-state index in [9.17, 15) is 4.79 Å². The summed E-state index contributed by atoms with van der Waals surface area (Å²) in [5.74, 6) is -0.0713. The van der Waals surface area contributed by atoms with Gasteiger partial charge in [0.05, 0.1) is 17.3 Å². The lowest BCUT2D eigenvalue weighted by atomic mass is 10.2. The smallest absolute Gasteiger partial charge is 0.274 e. The molecular weight excluding hydrogens is 382 g/mol. The lowest BCUT2D eigenvalue weighted by Crippen LogP contribution is -2.15. The maximum atomic E-state index is 12.4. The lowest BCUT2D eigenvalue weighted by Gasteiger charge is -2.08. The van der Waals surface area contributed by atoms with Crippen LogP contribution in [-0.4, -0.2) is 15.9 Å². The minimum atomic E-state index is -0.344. The van der Waals surface area contributed by atoms with E-state index in [1.807, 2.05) is 18.2 Å². The molecule has 0 aliphatic rings. The molecule has 0 unspecified atom stereocenters. The van der Waals surface area contributed by atoms with E-state index in [1.54, 1.807) is 30.3 Å². The number of carbonyl (C=O) groups is 1. The second-order valence-electron chi connectivity index (χ2n) is 5.02. The lowest BCUT2D eigenvalue weighted by molar-refractivity contribution is 0.102. The van der Waals surface area contributed by atoms with Crippen molar-refractivity contribution in [3.05, 3.63) is 76.5 Å². The molecule has 25 heavy (non-hydrogen) atoms. The number of hydrogen-bond donors (Lipinski definition) is 2. The monoisotopic (exact) mass is 393 g/mol. The van der Waals surface area contributed by atoms with Gasteiger partial charge in [0.2, 0.25) is 5.95 Å². The molecule has 122 valence electrons. The van der Waals surface area contributed by atoms with E-state index in [4.69, 9.17) is 5.26 Å². The Kier molecular flexibility index (Phi) is 5.02. The zero-order valence-corrected chi connectivity index (χ0v) is 14.5. The molecule has 3 rings (SSSR count). The summed E-state index contributed by atoms with van der Waals surface area (Å²) in [6, 6.07) is 17.8. The van der Waals surface area contributed by atoms with Crippen LogP contribution in [0.1, 0.15) is 16.1 Å². The van der Waals surface area contributed by atoms with Gasteiger partial charge >= 0.3 is 0 Å². The quantitative estimate of drug-likeness (QED) is 0.695. The fourth-order valence-corrected chi connectivity index (χ4v) is 2.47. The molecule has 0 atom stereocenters. The van der Waals surface area contributed by atoms with Crippen molar-refractivity contribution in [2.75, 3.05) is 10.6 Å². The van der Waals surface area contributed by atoms with E-state index in [-0.39, 0.29) is 17.5 Å². The predicted molar refractivity (Wildman–Crippen MR) is 98.6 cm³/mol. The fraction of sp³-hybridized carbons (Fsp3) is 0. The molecule has 0 bridgehead atoms. The van der Waals surface area contributed by atoms with E-state index in [1.165, 1.54) is 12.3 Å². The van der Waals surface area contributed by atoms with Gasteiger partial charge in [-0.15, -0.1) is 0 Å². The standard InChI is InChI=1S/C18H12BrN5O/c19-14-6-1-2-7-15(14)23-17(25)16-8-9-21-18(24-16)22-13-5-3-4-12(10-13)11-20/h1-10H,(H,23,25)(H,21,22,24). The van der Waals surface area contributed by atoms with Crippen LogP contribution in [-0.2, 0) is 0 Å². The van der Waals surface area contributed by atoms with Crippen LogP contribution < -0.4 is 10.6 Å². The summed E-state index contributed by atoms with van der Waals surface area (Å²) in [4.78, 5) is 20.7. The molecule has 3 aromatic rings. The van der Waals surface area contributed by atoms with Crippen LogP contribution in [0.3, 0.4) is 0 Å². The number of nitriles is 1. The summed E-state index contributed by atoms with van der Waals surface area (Å²) in [5, 5.41) is 14.7. The highest BCUT2D eigenvalue weighted by Gasteiger charge is 2.11. The van der Waals surface area contributed by atoms with Crippen molar-refractivity contribution in [2.45, 2.75) is 0 Å². The first-order valence-electron chi connectivity index (χ1n) is 7.32. The first-order valence-corrected chi connectivity index (χ1v) is 8.11. The van der Waals surface area contributed by atoms with Crippen molar-refractivity contribution >= 4 is 39.2 Å². The van der Waals surface area contributed by atoms with Gasteiger partial charge in [0.15, 0.2) is 0 Å². The average molecular weight is 394 g/mol. The molecule has 0 aliphatic heterocycles. The van der Waals surface area contributed by atoms with Crippen LogP contribution in [0.5, 0.6) is 0 Å². The molecule has 6 nitrogen and oxygen atoms in total. The molecule has 1 aromatic heterocycles. The largest absolute Gasteiger partial charge is 0.324 e. The minimum Gasteiger partial charge on any atom is -0.324 e. The van der Waals surface area contributed by atoms with E-state index in [0.29, 0.717) is 16.9 Å². The Morgan fingerprint density at radius 3 is 2.76 bits per heavy atom. The number of amides is 1. The summed E-state index contributed by atoms with van der Waals surface area (Å²) in [6.45, 7) is 0. The predicted octanol–water partition coefficient (Wildman–Crippen LogP) is 4.11. The van der Waals surface area contributed by atoms with Crippen molar-refractivity contribution in [1.82, 2.24) is 9.97 Å². The second kappa shape index (κ2) is 7.55. The Morgan fingerprint density at radius 2 is 1.96 bits per heavy atom. The van der Waals surface area contributed by atoms with Crippen LogP contribution in [0.15, 0.2) is 65.3 Å². The highest BCUT2D eigenvalue weighted by molar-refractivity contribution is 9.10. The van der Waals surface area contributed by atoms with Crippen molar-refractivity contribution < 1.29 is 4.79 Å². The van der Waals surface area contributed by atoms with Crippen molar-refractivity contribution in [3.8, 4) is 6.07 Å². The summed E-state index contributed by atoms with van der Waals surface area (Å²) in [5.41, 5.74) is 2.07. The van der Waals surface area contributed by atoms with Gasteiger partial charge in [-0.2, -0.15) is 5.26 Å². The van der Waals surface area contributed by atoms with Gasteiger partial charge in [-0.05, 0) is 52.3 Å². The number of aromatic nitrogens is 2. The van der Waals surface area contributed by atoms with Crippen LogP contribution in [0, 0.1) is 11.3 Å². The van der Waals surface area contributed by atoms with Gasteiger partial charge in [0.1, 0.15) is 5.69 Å². The van der Waals surface area contributed by atoms with Crippen molar-refractivity contribution in [3.63, 3.8) is 0 Å². The number of nitrogens with one attached hydrogen (secondary N) is 2. The van der Waals surface area contributed by atoms with Gasteiger partial charge in [0, 0.05) is 16.4 Å². The Hall–Kier alpha value is -3.24. The number of anilines is 3. The molecule has 0 radical (unpaired) electrons. The van der Waals surface area contributed by atoms with Crippen molar-refractivity contribution in [2.24, 2.45) is 0 Å². The topological polar surface area (TPSA) is 90.7 Å². The normalized spacial score (nSPS) is 9.92. The SMILES string of the molecule is N#Cc1cccc(Nc2nccc(C(=O)Nc3ccccc3Br)n2)c1. The van der Waals surface area contributed by atoms with Gasteiger partial charge in [-0.1, -0.05) is 18.2 Å². The molecule has 0 saturated carbocycles. The number of hydrogen-bond acceptors (Lipinski definition) is 5. The Labute approximate surface area is 152 Å². The summed E-state index contributed by atoms with van der Waals surface area (Å²) >= 11 is 3.38. The number of nitrogens with zero attached hydrogens (tertiary/aromatic N) is 3. The highest BCUT2D eigenvalue weighted by Crippen LogP contribution is 2.22. The average Bonchev–Trinajstić information content (AvgIpc) is 2.64. The number of rotatable bonds is 4. The summed E-state index contributed by atoms with van der Waals surface area (Å²) in [6.07, 6.45) is 1.50. The maximum Gasteiger partial charge on any atom is 0.274 e. The molecule has 0 fully saturated rings. The van der Waals surface area contributed by atoms with E-state index in [2.05, 4.69) is 42.6 Å². The molecule has 1 heterocycles. The minimum absolute atomic E-state index is 0.227. The maximum absolute atomic E-state index is 12.4. The van der Waals surface area contributed by atoms with Gasteiger partial charge in [-0.25, -0.2) is 9.97 Å². The van der Waals surface area contributed by atoms with Crippen LogP contribution in [0.2, 0.25) is 0 Å². The zero-order valence-electron chi connectivity index (χ0n) is 12.9. The van der Waals surface area contributed by atoms with Crippen molar-refractivity contribution in [1.29, 1.82) is 5.26 Å². The van der Waals surface area contributed by atoms with E-state index >= 15 is 0 Å². The summed E-state index contributed by atoms with van der Waals surface area (Å²) in [7, 11) is 0. The number of para-hydroxylation sites is 1. The fourth-order valence-electron chi connectivity index (χ4n) is 2.09. The molecule has 2 aromatic carbocycles. The molecule has 0 aliphatic carbocycles. The Balaban J connectivity index is 1.78. The van der Waals surface area contributed by atoms with Gasteiger partial charge in [0.25, 0.3) is 5.91 Å². The van der Waals surface area contributed by atoms with E-state index in [0.717, 1.165) is 4.47 Å². The third kappa shape index (κ3) is 4.19. The first-order chi connectivity index (χ1) is 12.2. The Bertz CT molecular complexity index is 967. The van der Waals surface area contributed by atoms with Gasteiger partial charge in [-0.3, -0.25) is 4.79 Å². The molecular formula is C18H12BrN5O. The third-order valence-electron chi connectivity index (χ3n) is 3.26. The third-order valence-corrected chi connectivity index (χ3v) is 3.95. The Morgan fingerprint density at radius 1 is 1.12 bits per heavy atom. The van der Waals surface area contributed by atoms with Crippen LogP contribution in [0.4, 0.5) is 17.3 Å². The van der Waals surface area contributed by atoms with Gasteiger partial charge < -0.3 is 10.6 Å². The number of benzene rings is 2. The molecule has 1 amide bonds. The first kappa shape index (κ1) is 16.6. The van der Waals surface area contributed by atoms with Crippen LogP contribution >= 0.6 is 15.9 Å². The molecule has 0 saturated heterocycles. The zero-order chi connectivity index (χ0) is 17.6. The molecule has 7 heteroatoms. The highest BCUT2D eigenvalue weighted by atomic mass is 79.9. The number of halogens is 1. The number of carbonyl (C=O) groups excluding carboxylic acids is 1. The molecule has 2 N–H and O–H groups in total. The summed E-state index contributed by atoms with van der Waals surface area (Å²) < 4.78 is 0.782.